The average Bonchev–Trinajstić information content (AvgIpc) is 3.10. The van der Waals surface area contributed by atoms with Gasteiger partial charge in [-0.3, -0.25) is 9.59 Å². The largest absolute Gasteiger partial charge is 0.480 e. The highest BCUT2D eigenvalue weighted by Crippen LogP contribution is 2.47. The molecule has 1 atom stereocenters. The van der Waals surface area contributed by atoms with Gasteiger partial charge in [-0.25, -0.2) is 0 Å². The van der Waals surface area contributed by atoms with Gasteiger partial charge in [0.15, 0.2) is 0 Å². The lowest BCUT2D eigenvalue weighted by atomic mass is 10.0. The van der Waals surface area contributed by atoms with E-state index in [1.54, 1.807) is 4.90 Å². The van der Waals surface area contributed by atoms with Gasteiger partial charge < -0.3 is 14.7 Å². The van der Waals surface area contributed by atoms with Crippen molar-refractivity contribution in [2.45, 2.75) is 38.7 Å². The monoisotopic (exact) mass is 241 g/mol. The molecule has 0 aromatic heterocycles. The maximum atomic E-state index is 12.2. The van der Waals surface area contributed by atoms with Crippen molar-refractivity contribution in [1.29, 1.82) is 0 Å². The van der Waals surface area contributed by atoms with E-state index < -0.39 is 11.4 Å². The van der Waals surface area contributed by atoms with Crippen molar-refractivity contribution in [1.82, 2.24) is 4.90 Å². The number of nitrogens with zero attached hydrogens (tertiary/aromatic N) is 1. The maximum Gasteiger partial charge on any atom is 0.319 e. The van der Waals surface area contributed by atoms with Crippen LogP contribution in [0.15, 0.2) is 0 Å². The van der Waals surface area contributed by atoms with Gasteiger partial charge in [-0.15, -0.1) is 0 Å². The van der Waals surface area contributed by atoms with Crippen LogP contribution in [-0.2, 0) is 14.3 Å². The van der Waals surface area contributed by atoms with E-state index in [0.717, 1.165) is 12.8 Å². The molecule has 1 unspecified atom stereocenters. The third kappa shape index (κ3) is 2.29. The Kier molecular flexibility index (Phi) is 3.38. The summed E-state index contributed by atoms with van der Waals surface area (Å²) < 4.78 is 5.55. The number of rotatable bonds is 4. The molecular formula is C12H19NO4. The van der Waals surface area contributed by atoms with Crippen LogP contribution in [0.2, 0.25) is 0 Å². The summed E-state index contributed by atoms with van der Waals surface area (Å²) in [5.74, 6) is -1.18. The minimum Gasteiger partial charge on any atom is -0.480 e. The summed E-state index contributed by atoms with van der Waals surface area (Å²) in [4.78, 5) is 24.9. The molecule has 17 heavy (non-hydrogen) atoms. The number of carbonyl (C=O) groups is 2. The fourth-order valence-corrected chi connectivity index (χ4v) is 2.35. The second kappa shape index (κ2) is 4.64. The summed E-state index contributed by atoms with van der Waals surface area (Å²) in [7, 11) is 0. The molecule has 2 aliphatic rings. The van der Waals surface area contributed by atoms with Crippen molar-refractivity contribution in [2.75, 3.05) is 19.7 Å². The molecule has 1 aliphatic carbocycles. The summed E-state index contributed by atoms with van der Waals surface area (Å²) in [5, 5.41) is 9.10. The molecule has 1 aliphatic heterocycles. The molecule has 0 aromatic carbocycles. The Hall–Kier alpha value is -1.10. The van der Waals surface area contributed by atoms with Crippen LogP contribution in [0, 0.1) is 5.41 Å². The van der Waals surface area contributed by atoms with Crippen molar-refractivity contribution < 1.29 is 19.4 Å². The van der Waals surface area contributed by atoms with Crippen LogP contribution in [0.1, 0.15) is 32.6 Å². The SMILES string of the molecule is CCCC1CN(C(=O)C2(C(=O)O)CC2)CCO1. The molecule has 96 valence electrons. The topological polar surface area (TPSA) is 66.8 Å². The quantitative estimate of drug-likeness (QED) is 0.742. The highest BCUT2D eigenvalue weighted by Gasteiger charge is 2.58. The van der Waals surface area contributed by atoms with Crippen molar-refractivity contribution in [2.24, 2.45) is 5.41 Å². The summed E-state index contributed by atoms with van der Waals surface area (Å²) in [6.45, 7) is 3.66. The molecule has 0 radical (unpaired) electrons. The minimum atomic E-state index is -1.10. The normalized spacial score (nSPS) is 26.6. The number of hydrogen-bond acceptors (Lipinski definition) is 3. The van der Waals surface area contributed by atoms with Gasteiger partial charge in [0.1, 0.15) is 5.41 Å². The Labute approximate surface area is 101 Å². The van der Waals surface area contributed by atoms with Crippen molar-refractivity contribution in [3.8, 4) is 0 Å². The Bertz CT molecular complexity index is 322. The second-order valence-electron chi connectivity index (χ2n) is 4.92. The van der Waals surface area contributed by atoms with E-state index in [1.807, 2.05) is 0 Å². The number of aliphatic carboxylic acids is 1. The molecule has 1 saturated heterocycles. The average molecular weight is 241 g/mol. The summed E-state index contributed by atoms with van der Waals surface area (Å²) >= 11 is 0. The van der Waals surface area contributed by atoms with Gasteiger partial charge in [-0.2, -0.15) is 0 Å². The van der Waals surface area contributed by atoms with Crippen molar-refractivity contribution in [3.05, 3.63) is 0 Å². The van der Waals surface area contributed by atoms with Crippen LogP contribution >= 0.6 is 0 Å². The first-order valence-electron chi connectivity index (χ1n) is 6.24. The van der Waals surface area contributed by atoms with E-state index in [-0.39, 0.29) is 12.0 Å². The fraction of sp³-hybridized carbons (Fsp3) is 0.833. The van der Waals surface area contributed by atoms with Crippen molar-refractivity contribution in [3.63, 3.8) is 0 Å². The zero-order valence-corrected chi connectivity index (χ0v) is 10.1. The van der Waals surface area contributed by atoms with Gasteiger partial charge in [-0.1, -0.05) is 13.3 Å². The van der Waals surface area contributed by atoms with Gasteiger partial charge in [-0.05, 0) is 19.3 Å². The van der Waals surface area contributed by atoms with Crippen molar-refractivity contribution >= 4 is 11.9 Å². The van der Waals surface area contributed by atoms with E-state index >= 15 is 0 Å². The molecule has 0 bridgehead atoms. The molecule has 1 saturated carbocycles. The van der Waals surface area contributed by atoms with E-state index in [4.69, 9.17) is 9.84 Å². The van der Waals surface area contributed by atoms with Gasteiger partial charge >= 0.3 is 5.97 Å². The number of morpholine rings is 1. The zero-order valence-electron chi connectivity index (χ0n) is 10.1. The molecule has 0 spiro atoms. The van der Waals surface area contributed by atoms with Crippen LogP contribution in [0.4, 0.5) is 0 Å². The number of amides is 1. The first-order valence-corrected chi connectivity index (χ1v) is 6.24. The smallest absolute Gasteiger partial charge is 0.319 e. The molecule has 1 N–H and O–H groups in total. The van der Waals surface area contributed by atoms with Crippen LogP contribution in [0.5, 0.6) is 0 Å². The molecule has 5 heteroatoms. The van der Waals surface area contributed by atoms with E-state index in [0.29, 0.717) is 32.5 Å². The Morgan fingerprint density at radius 2 is 2.18 bits per heavy atom. The van der Waals surface area contributed by atoms with E-state index in [9.17, 15) is 9.59 Å². The number of carbonyl (C=O) groups excluding carboxylic acids is 1. The fourth-order valence-electron chi connectivity index (χ4n) is 2.35. The number of carboxylic acids is 1. The molecule has 2 rings (SSSR count). The lowest BCUT2D eigenvalue weighted by Gasteiger charge is -2.34. The van der Waals surface area contributed by atoms with Crippen LogP contribution in [-0.4, -0.2) is 47.7 Å². The molecule has 1 heterocycles. The number of hydrogen-bond donors (Lipinski definition) is 1. The molecule has 5 nitrogen and oxygen atoms in total. The predicted molar refractivity (Wildman–Crippen MR) is 60.5 cm³/mol. The van der Waals surface area contributed by atoms with Gasteiger partial charge in [0.2, 0.25) is 5.91 Å². The van der Waals surface area contributed by atoms with Crippen LogP contribution in [0.25, 0.3) is 0 Å². The molecular weight excluding hydrogens is 222 g/mol. The Morgan fingerprint density at radius 1 is 1.47 bits per heavy atom. The number of carboxylic acid groups (broad SMARTS) is 1. The third-order valence-electron chi connectivity index (χ3n) is 3.61. The number of ether oxygens (including phenoxy) is 1. The minimum absolute atomic E-state index is 0.0716. The van der Waals surface area contributed by atoms with Crippen LogP contribution in [0.3, 0.4) is 0 Å². The highest BCUT2D eigenvalue weighted by atomic mass is 16.5. The van der Waals surface area contributed by atoms with Crippen LogP contribution < -0.4 is 0 Å². The lowest BCUT2D eigenvalue weighted by molar-refractivity contribution is -0.157. The zero-order chi connectivity index (χ0) is 12.5. The van der Waals surface area contributed by atoms with E-state index in [1.165, 1.54) is 0 Å². The standard InChI is InChI=1S/C12H19NO4/c1-2-3-9-8-13(6-7-17-9)10(14)12(4-5-12)11(15)16/h9H,2-8H2,1H3,(H,15,16). The molecule has 1 amide bonds. The van der Waals surface area contributed by atoms with E-state index in [2.05, 4.69) is 6.92 Å². The lowest BCUT2D eigenvalue weighted by Crippen LogP contribution is -2.49. The Morgan fingerprint density at radius 3 is 2.71 bits per heavy atom. The third-order valence-corrected chi connectivity index (χ3v) is 3.61. The van der Waals surface area contributed by atoms with Gasteiger partial charge in [0.25, 0.3) is 0 Å². The highest BCUT2D eigenvalue weighted by molar-refractivity contribution is 6.04. The van der Waals surface area contributed by atoms with Gasteiger partial charge in [0, 0.05) is 13.1 Å². The maximum absolute atomic E-state index is 12.2. The second-order valence-corrected chi connectivity index (χ2v) is 4.92. The summed E-state index contributed by atoms with van der Waals surface area (Å²) in [6.07, 6.45) is 2.97. The van der Waals surface area contributed by atoms with Gasteiger partial charge in [0.05, 0.1) is 12.7 Å². The first kappa shape index (κ1) is 12.4. The molecule has 2 fully saturated rings. The first-order chi connectivity index (χ1) is 8.10. The Balaban J connectivity index is 1.98. The predicted octanol–water partition coefficient (Wildman–Crippen LogP) is 0.879. The summed E-state index contributed by atoms with van der Waals surface area (Å²) in [6, 6.07) is 0. The summed E-state index contributed by atoms with van der Waals surface area (Å²) in [5.41, 5.74) is -1.10. The molecule has 0 aromatic rings.